The van der Waals surface area contributed by atoms with Crippen molar-refractivity contribution in [2.45, 2.75) is 0 Å². The Hall–Kier alpha value is -0.430. The molecule has 0 spiro atoms. The largest absolute Gasteiger partial charge is 0.305 e. The van der Waals surface area contributed by atoms with Crippen molar-refractivity contribution in [1.29, 1.82) is 0 Å². The van der Waals surface area contributed by atoms with E-state index in [2.05, 4.69) is 68.3 Å². The summed E-state index contributed by atoms with van der Waals surface area (Å²) in [4.78, 5) is 4.56. The van der Waals surface area contributed by atoms with Crippen LogP contribution in [0.15, 0.2) is 30.3 Å². The third kappa shape index (κ3) is 4.74. The highest BCUT2D eigenvalue weighted by atomic mass is 31.1. The molecule has 0 N–H and O–H groups in total. The van der Waals surface area contributed by atoms with Gasteiger partial charge in [0.2, 0.25) is 0 Å². The predicted molar refractivity (Wildman–Crippen MR) is 70.1 cm³/mol. The molecule has 0 amide bonds. The number of rotatable bonds is 5. The number of hydrogen-bond donors (Lipinski definition) is 0. The van der Waals surface area contributed by atoms with E-state index in [0.717, 1.165) is 12.6 Å². The van der Waals surface area contributed by atoms with Crippen LogP contribution in [0.4, 0.5) is 0 Å². The molecular formula is C12H21N2P. The van der Waals surface area contributed by atoms with Crippen LogP contribution in [0, 0.1) is 0 Å². The molecule has 3 heteroatoms. The normalized spacial score (nSPS) is 11.7. The van der Waals surface area contributed by atoms with Crippen molar-refractivity contribution in [2.24, 2.45) is 0 Å². The van der Waals surface area contributed by atoms with Gasteiger partial charge in [0.15, 0.2) is 0 Å². The van der Waals surface area contributed by atoms with Gasteiger partial charge >= 0.3 is 0 Å². The Kier molecular flexibility index (Phi) is 5.24. The van der Waals surface area contributed by atoms with Gasteiger partial charge in [0, 0.05) is 12.6 Å². The molecule has 0 atom stereocenters. The molecule has 0 radical (unpaired) electrons. The quantitative estimate of drug-likeness (QED) is 0.704. The minimum atomic E-state index is -0.0828. The molecule has 0 aliphatic rings. The third-order valence-corrected chi connectivity index (χ3v) is 4.87. The summed E-state index contributed by atoms with van der Waals surface area (Å²) < 4.78 is 0. The topological polar surface area (TPSA) is 6.48 Å². The molecule has 0 aliphatic carbocycles. The van der Waals surface area contributed by atoms with E-state index in [-0.39, 0.29) is 7.92 Å². The smallest absolute Gasteiger partial charge is 0.0230 e. The highest BCUT2D eigenvalue weighted by Gasteiger charge is 2.12. The molecule has 84 valence electrons. The minimum Gasteiger partial charge on any atom is -0.305 e. The van der Waals surface area contributed by atoms with E-state index in [1.807, 2.05) is 0 Å². The molecule has 0 unspecified atom stereocenters. The molecule has 0 bridgehead atoms. The van der Waals surface area contributed by atoms with Crippen molar-refractivity contribution >= 4 is 13.2 Å². The average molecular weight is 224 g/mol. The van der Waals surface area contributed by atoms with Crippen molar-refractivity contribution in [2.75, 3.05) is 40.8 Å². The Labute approximate surface area is 94.6 Å². The van der Waals surface area contributed by atoms with Crippen molar-refractivity contribution < 1.29 is 0 Å². The molecular weight excluding hydrogens is 203 g/mol. The molecule has 1 rings (SSSR count). The Bertz CT molecular complexity index is 262. The lowest BCUT2D eigenvalue weighted by atomic mass is 10.4. The third-order valence-electron chi connectivity index (χ3n) is 2.03. The first kappa shape index (κ1) is 12.6. The summed E-state index contributed by atoms with van der Waals surface area (Å²) in [6.07, 6.45) is 2.33. The number of benzene rings is 1. The molecule has 1 aromatic rings. The molecule has 0 aliphatic heterocycles. The molecule has 0 saturated heterocycles. The lowest BCUT2D eigenvalue weighted by Gasteiger charge is -2.25. The van der Waals surface area contributed by atoms with Crippen molar-refractivity contribution in [3.8, 4) is 0 Å². The van der Waals surface area contributed by atoms with Gasteiger partial charge in [-0.05, 0) is 41.4 Å². The van der Waals surface area contributed by atoms with Crippen LogP contribution < -0.4 is 5.30 Å². The zero-order valence-electron chi connectivity index (χ0n) is 10.1. The van der Waals surface area contributed by atoms with Gasteiger partial charge < -0.3 is 9.80 Å². The average Bonchev–Trinajstić information content (AvgIpc) is 2.17. The van der Waals surface area contributed by atoms with Crippen molar-refractivity contribution in [3.63, 3.8) is 0 Å². The van der Waals surface area contributed by atoms with Gasteiger partial charge in [-0.1, -0.05) is 30.3 Å². The van der Waals surface area contributed by atoms with Crippen LogP contribution in [-0.4, -0.2) is 50.6 Å². The first-order valence-corrected chi connectivity index (χ1v) is 6.90. The predicted octanol–water partition coefficient (Wildman–Crippen LogP) is 1.83. The van der Waals surface area contributed by atoms with E-state index >= 15 is 0 Å². The summed E-state index contributed by atoms with van der Waals surface area (Å²) >= 11 is 0. The maximum atomic E-state index is 2.28. The molecule has 0 heterocycles. The lowest BCUT2D eigenvalue weighted by molar-refractivity contribution is 0.460. The number of nitrogens with zero attached hydrogens (tertiary/aromatic N) is 2. The SMILES string of the molecule is CN(C)CP(CN(C)C)c1ccccc1. The summed E-state index contributed by atoms with van der Waals surface area (Å²) in [5.74, 6) is 0. The van der Waals surface area contributed by atoms with E-state index in [9.17, 15) is 0 Å². The van der Waals surface area contributed by atoms with Gasteiger partial charge in [-0.2, -0.15) is 0 Å². The van der Waals surface area contributed by atoms with Crippen LogP contribution in [0.25, 0.3) is 0 Å². The molecule has 0 saturated carbocycles. The van der Waals surface area contributed by atoms with Gasteiger partial charge in [-0.25, -0.2) is 0 Å². The minimum absolute atomic E-state index is 0.0828. The maximum Gasteiger partial charge on any atom is 0.0230 e. The zero-order valence-corrected chi connectivity index (χ0v) is 11.0. The fourth-order valence-corrected chi connectivity index (χ4v) is 3.91. The fourth-order valence-electron chi connectivity index (χ4n) is 1.53. The lowest BCUT2D eigenvalue weighted by Crippen LogP contribution is -2.23. The second-order valence-electron chi connectivity index (χ2n) is 4.32. The Balaban J connectivity index is 2.72. The van der Waals surface area contributed by atoms with E-state index in [4.69, 9.17) is 0 Å². The second kappa shape index (κ2) is 6.22. The second-order valence-corrected chi connectivity index (χ2v) is 6.48. The van der Waals surface area contributed by atoms with Crippen molar-refractivity contribution in [3.05, 3.63) is 30.3 Å². The summed E-state index contributed by atoms with van der Waals surface area (Å²) in [5, 5.41) is 1.50. The Morgan fingerprint density at radius 2 is 1.33 bits per heavy atom. The first-order valence-electron chi connectivity index (χ1n) is 5.19. The van der Waals surface area contributed by atoms with Crippen LogP contribution in [0.5, 0.6) is 0 Å². The van der Waals surface area contributed by atoms with E-state index < -0.39 is 0 Å². The molecule has 0 aromatic heterocycles. The maximum absolute atomic E-state index is 2.28. The fraction of sp³-hybridized carbons (Fsp3) is 0.500. The summed E-state index contributed by atoms with van der Waals surface area (Å²) in [6, 6.07) is 10.9. The number of hydrogen-bond acceptors (Lipinski definition) is 2. The highest BCUT2D eigenvalue weighted by Crippen LogP contribution is 2.34. The van der Waals surface area contributed by atoms with Crippen LogP contribution in [-0.2, 0) is 0 Å². The highest BCUT2D eigenvalue weighted by molar-refractivity contribution is 7.65. The summed E-state index contributed by atoms with van der Waals surface area (Å²) in [6.45, 7) is 0. The monoisotopic (exact) mass is 224 g/mol. The van der Waals surface area contributed by atoms with Crippen LogP contribution in [0.3, 0.4) is 0 Å². The van der Waals surface area contributed by atoms with Gasteiger partial charge in [-0.3, -0.25) is 0 Å². The first-order chi connectivity index (χ1) is 7.09. The molecule has 15 heavy (non-hydrogen) atoms. The summed E-state index contributed by atoms with van der Waals surface area (Å²) in [7, 11) is 8.50. The standard InChI is InChI=1S/C12H21N2P/c1-13(2)10-15(11-14(3)4)12-8-6-5-7-9-12/h5-9H,10-11H2,1-4H3. The van der Waals surface area contributed by atoms with Gasteiger partial charge in [0.05, 0.1) is 0 Å². The van der Waals surface area contributed by atoms with E-state index in [1.165, 1.54) is 5.30 Å². The van der Waals surface area contributed by atoms with Gasteiger partial charge in [0.25, 0.3) is 0 Å². The van der Waals surface area contributed by atoms with E-state index in [1.54, 1.807) is 0 Å². The van der Waals surface area contributed by atoms with Crippen LogP contribution >= 0.6 is 7.92 Å². The Morgan fingerprint density at radius 3 is 1.73 bits per heavy atom. The Morgan fingerprint density at radius 1 is 0.867 bits per heavy atom. The van der Waals surface area contributed by atoms with E-state index in [0.29, 0.717) is 0 Å². The molecule has 2 nitrogen and oxygen atoms in total. The molecule has 1 aromatic carbocycles. The van der Waals surface area contributed by atoms with Gasteiger partial charge in [-0.15, -0.1) is 0 Å². The van der Waals surface area contributed by atoms with Crippen molar-refractivity contribution in [1.82, 2.24) is 9.80 Å². The summed E-state index contributed by atoms with van der Waals surface area (Å²) in [5.41, 5.74) is 0. The van der Waals surface area contributed by atoms with Crippen LogP contribution in [0.1, 0.15) is 0 Å². The zero-order chi connectivity index (χ0) is 11.3. The van der Waals surface area contributed by atoms with Gasteiger partial charge in [0.1, 0.15) is 0 Å². The molecule has 0 fully saturated rings. The van der Waals surface area contributed by atoms with Crippen LogP contribution in [0.2, 0.25) is 0 Å².